The Morgan fingerprint density at radius 2 is 1.82 bits per heavy atom. The highest BCUT2D eigenvalue weighted by atomic mass is 32.1. The van der Waals surface area contributed by atoms with Gasteiger partial charge in [-0.3, -0.25) is 9.88 Å². The first kappa shape index (κ1) is 20.7. The van der Waals surface area contributed by atoms with E-state index in [1.165, 1.54) is 23.3 Å². The lowest BCUT2D eigenvalue weighted by Gasteiger charge is -2.36. The Hall–Kier alpha value is -2.87. The van der Waals surface area contributed by atoms with Crippen LogP contribution in [-0.4, -0.2) is 65.3 Å². The number of fused-ring (bicyclic) bond motifs is 1. The molecule has 0 amide bonds. The minimum Gasteiger partial charge on any atom is -0.377 e. The Kier molecular flexibility index (Phi) is 5.76. The van der Waals surface area contributed by atoms with Crippen LogP contribution in [0.3, 0.4) is 0 Å². The van der Waals surface area contributed by atoms with Crippen LogP contribution in [0.25, 0.3) is 32.0 Å². The highest BCUT2D eigenvalue weighted by Gasteiger charge is 2.25. The molecule has 7 heteroatoms. The summed E-state index contributed by atoms with van der Waals surface area (Å²) in [6, 6.07) is 16.8. The van der Waals surface area contributed by atoms with Gasteiger partial charge in [-0.25, -0.2) is 9.97 Å². The first-order valence-corrected chi connectivity index (χ1v) is 12.5. The molecule has 33 heavy (non-hydrogen) atoms. The zero-order valence-corrected chi connectivity index (χ0v) is 19.4. The van der Waals surface area contributed by atoms with Gasteiger partial charge < -0.3 is 9.64 Å². The number of hydrogen-bond acceptors (Lipinski definition) is 7. The molecule has 0 radical (unpaired) electrons. The predicted molar refractivity (Wildman–Crippen MR) is 134 cm³/mol. The average Bonchev–Trinajstić information content (AvgIpc) is 3.55. The molecule has 0 bridgehead atoms. The van der Waals surface area contributed by atoms with Gasteiger partial charge in [0.2, 0.25) is 0 Å². The number of pyridine rings is 1. The number of rotatable bonds is 5. The molecule has 1 atom stereocenters. The molecule has 6 nitrogen and oxygen atoms in total. The molecule has 0 N–H and O–H groups in total. The van der Waals surface area contributed by atoms with Gasteiger partial charge in [-0.2, -0.15) is 0 Å². The first-order valence-electron chi connectivity index (χ1n) is 11.7. The minimum atomic E-state index is 0.407. The quantitative estimate of drug-likeness (QED) is 0.432. The Morgan fingerprint density at radius 1 is 0.970 bits per heavy atom. The van der Waals surface area contributed by atoms with Crippen molar-refractivity contribution in [2.45, 2.75) is 18.9 Å². The fourth-order valence-electron chi connectivity index (χ4n) is 4.73. The fraction of sp³-hybridized carbons (Fsp3) is 0.346. The van der Waals surface area contributed by atoms with Crippen LogP contribution in [0.1, 0.15) is 12.8 Å². The van der Waals surface area contributed by atoms with Crippen molar-refractivity contribution >= 4 is 27.4 Å². The molecule has 0 spiro atoms. The number of aromatic nitrogens is 3. The average molecular weight is 458 g/mol. The van der Waals surface area contributed by atoms with Crippen LogP contribution in [-0.2, 0) is 4.74 Å². The number of piperazine rings is 1. The Balaban J connectivity index is 1.34. The third kappa shape index (κ3) is 4.36. The summed E-state index contributed by atoms with van der Waals surface area (Å²) in [5.74, 6) is 1.78. The maximum Gasteiger partial charge on any atom is 0.164 e. The van der Waals surface area contributed by atoms with Crippen molar-refractivity contribution in [1.29, 1.82) is 0 Å². The number of nitrogens with zero attached hydrogens (tertiary/aromatic N) is 5. The summed E-state index contributed by atoms with van der Waals surface area (Å²) in [4.78, 5) is 21.5. The van der Waals surface area contributed by atoms with Crippen molar-refractivity contribution in [3.8, 4) is 21.8 Å². The molecule has 0 saturated carbocycles. The number of hydrogen-bond donors (Lipinski definition) is 0. The summed E-state index contributed by atoms with van der Waals surface area (Å²) in [5.41, 5.74) is 2.17. The van der Waals surface area contributed by atoms with Crippen molar-refractivity contribution in [3.05, 3.63) is 60.9 Å². The maximum atomic E-state index is 5.85. The van der Waals surface area contributed by atoms with Crippen LogP contribution in [0, 0.1) is 0 Å². The fourth-order valence-corrected chi connectivity index (χ4v) is 5.77. The van der Waals surface area contributed by atoms with Crippen LogP contribution < -0.4 is 4.90 Å². The topological polar surface area (TPSA) is 54.4 Å². The Morgan fingerprint density at radius 3 is 2.58 bits per heavy atom. The smallest absolute Gasteiger partial charge is 0.164 e. The number of ether oxygens (including phenoxy) is 1. The van der Waals surface area contributed by atoms with E-state index < -0.39 is 0 Å². The molecule has 168 valence electrons. The van der Waals surface area contributed by atoms with Crippen molar-refractivity contribution in [3.63, 3.8) is 0 Å². The van der Waals surface area contributed by atoms with Crippen LogP contribution in [0.2, 0.25) is 0 Å². The summed E-state index contributed by atoms with van der Waals surface area (Å²) < 4.78 is 5.85. The minimum absolute atomic E-state index is 0.407. The van der Waals surface area contributed by atoms with Gasteiger partial charge in [0.05, 0.1) is 11.5 Å². The molecule has 4 aromatic rings. The summed E-state index contributed by atoms with van der Waals surface area (Å²) in [6.07, 6.45) is 6.43. The summed E-state index contributed by atoms with van der Waals surface area (Å²) >= 11 is 1.73. The van der Waals surface area contributed by atoms with E-state index in [9.17, 15) is 0 Å². The molecule has 2 fully saturated rings. The van der Waals surface area contributed by atoms with Gasteiger partial charge in [0, 0.05) is 62.2 Å². The second-order valence-electron chi connectivity index (χ2n) is 8.73. The van der Waals surface area contributed by atoms with Crippen molar-refractivity contribution in [2.24, 2.45) is 0 Å². The molecule has 2 aliphatic rings. The summed E-state index contributed by atoms with van der Waals surface area (Å²) in [6.45, 7) is 5.95. The van der Waals surface area contributed by atoms with Crippen LogP contribution in [0.4, 0.5) is 5.82 Å². The largest absolute Gasteiger partial charge is 0.377 e. The van der Waals surface area contributed by atoms with Crippen LogP contribution in [0.5, 0.6) is 0 Å². The Labute approximate surface area is 197 Å². The van der Waals surface area contributed by atoms with Crippen LogP contribution >= 0.6 is 11.3 Å². The molecule has 3 aromatic heterocycles. The van der Waals surface area contributed by atoms with Gasteiger partial charge >= 0.3 is 0 Å². The first-order chi connectivity index (χ1) is 16.3. The highest BCUT2D eigenvalue weighted by Crippen LogP contribution is 2.38. The molecule has 5 heterocycles. The molecule has 2 saturated heterocycles. The third-order valence-corrected chi connectivity index (χ3v) is 7.59. The number of thiophene rings is 1. The zero-order chi connectivity index (χ0) is 22.0. The van der Waals surface area contributed by atoms with Gasteiger partial charge in [0.25, 0.3) is 0 Å². The molecule has 1 aromatic carbocycles. The lowest BCUT2D eigenvalue weighted by molar-refractivity contribution is 0.0712. The van der Waals surface area contributed by atoms with E-state index in [1.807, 2.05) is 18.3 Å². The predicted octanol–water partition coefficient (Wildman–Crippen LogP) is 4.72. The molecular formula is C26H27N5OS. The normalized spacial score (nSPS) is 19.4. The molecular weight excluding hydrogens is 430 g/mol. The van der Waals surface area contributed by atoms with Crippen molar-refractivity contribution in [1.82, 2.24) is 19.9 Å². The second kappa shape index (κ2) is 9.17. The lowest BCUT2D eigenvalue weighted by Crippen LogP contribution is -2.48. The molecule has 2 aliphatic heterocycles. The van der Waals surface area contributed by atoms with Gasteiger partial charge in [-0.05, 0) is 36.6 Å². The van der Waals surface area contributed by atoms with Crippen LogP contribution in [0.15, 0.2) is 60.9 Å². The van der Waals surface area contributed by atoms with Gasteiger partial charge in [0.15, 0.2) is 5.82 Å². The van der Waals surface area contributed by atoms with E-state index in [-0.39, 0.29) is 0 Å². The van der Waals surface area contributed by atoms with Gasteiger partial charge in [0.1, 0.15) is 10.6 Å². The maximum absolute atomic E-state index is 5.85. The standard InChI is InChI=1S/C26H27N5OS/c1-2-6-19(7-3-1)23-16-22-25(28-24(29-26(22)33-23)20-8-4-10-27-17-20)31-13-11-30(12-14-31)18-21-9-5-15-32-21/h1-4,6-8,10,16-17,21H,5,9,11-15,18H2/t21-/m1/s1. The van der Waals surface area contributed by atoms with E-state index >= 15 is 0 Å². The highest BCUT2D eigenvalue weighted by molar-refractivity contribution is 7.22. The van der Waals surface area contributed by atoms with Gasteiger partial charge in [-0.1, -0.05) is 30.3 Å². The molecule has 0 aliphatic carbocycles. The zero-order valence-electron chi connectivity index (χ0n) is 18.6. The van der Waals surface area contributed by atoms with E-state index in [0.29, 0.717) is 6.10 Å². The third-order valence-electron chi connectivity index (χ3n) is 6.51. The number of benzene rings is 1. The van der Waals surface area contributed by atoms with Crippen molar-refractivity contribution < 1.29 is 4.74 Å². The van der Waals surface area contributed by atoms with E-state index in [0.717, 1.165) is 66.8 Å². The number of anilines is 1. The monoisotopic (exact) mass is 457 g/mol. The van der Waals surface area contributed by atoms with E-state index in [2.05, 4.69) is 51.2 Å². The van der Waals surface area contributed by atoms with Gasteiger partial charge in [-0.15, -0.1) is 11.3 Å². The van der Waals surface area contributed by atoms with Crippen molar-refractivity contribution in [2.75, 3.05) is 44.2 Å². The SMILES string of the molecule is c1ccc(-c2cc3c(N4CCN(C[C@H]5CCCO5)CC4)nc(-c4cccnc4)nc3s2)cc1. The lowest BCUT2D eigenvalue weighted by atomic mass is 10.1. The summed E-state index contributed by atoms with van der Waals surface area (Å²) in [7, 11) is 0. The van der Waals surface area contributed by atoms with E-state index in [4.69, 9.17) is 14.7 Å². The molecule has 6 rings (SSSR count). The molecule has 0 unspecified atom stereocenters. The second-order valence-corrected chi connectivity index (χ2v) is 9.76. The van der Waals surface area contributed by atoms with E-state index in [1.54, 1.807) is 17.5 Å². The Bertz CT molecular complexity index is 1220. The summed E-state index contributed by atoms with van der Waals surface area (Å²) in [5, 5.41) is 1.14.